The molecule has 1 unspecified atom stereocenters. The summed E-state index contributed by atoms with van der Waals surface area (Å²) in [6.07, 6.45) is 1.99. The summed E-state index contributed by atoms with van der Waals surface area (Å²) >= 11 is 1.76. The van der Waals surface area contributed by atoms with Crippen molar-refractivity contribution in [3.05, 3.63) is 16.1 Å². The summed E-state index contributed by atoms with van der Waals surface area (Å²) in [4.78, 5) is 18.6. The molecule has 112 valence electrons. The van der Waals surface area contributed by atoms with Gasteiger partial charge in [0, 0.05) is 29.8 Å². The normalized spacial score (nSPS) is 19.1. The number of carbonyl (C=O) groups excluding carboxylic acids is 1. The molecule has 0 aromatic carbocycles. The molecule has 0 radical (unpaired) electrons. The van der Waals surface area contributed by atoms with Crippen LogP contribution >= 0.6 is 11.3 Å². The quantitative estimate of drug-likeness (QED) is 0.912. The molecule has 1 aliphatic rings. The van der Waals surface area contributed by atoms with Crippen LogP contribution in [0, 0.1) is 0 Å². The van der Waals surface area contributed by atoms with Gasteiger partial charge in [-0.05, 0) is 19.8 Å². The Balaban J connectivity index is 1.97. The van der Waals surface area contributed by atoms with Gasteiger partial charge in [0.25, 0.3) is 0 Å². The third kappa shape index (κ3) is 3.38. The van der Waals surface area contributed by atoms with Crippen molar-refractivity contribution in [3.63, 3.8) is 0 Å². The number of carbonyl (C=O) groups is 1. The molecule has 2 heterocycles. The molecule has 1 saturated heterocycles. The summed E-state index contributed by atoms with van der Waals surface area (Å²) in [5, 5.41) is 3.40. The Hall–Kier alpha value is -0.940. The van der Waals surface area contributed by atoms with Crippen molar-refractivity contribution in [1.29, 1.82) is 0 Å². The Morgan fingerprint density at radius 1 is 1.45 bits per heavy atom. The van der Waals surface area contributed by atoms with Crippen molar-refractivity contribution in [2.45, 2.75) is 57.9 Å². The van der Waals surface area contributed by atoms with E-state index in [9.17, 15) is 4.79 Å². The fourth-order valence-electron chi connectivity index (χ4n) is 2.45. The lowest BCUT2D eigenvalue weighted by Crippen LogP contribution is -2.45. The molecule has 1 aromatic heterocycles. The van der Waals surface area contributed by atoms with E-state index in [2.05, 4.69) is 26.2 Å². The van der Waals surface area contributed by atoms with E-state index in [0.29, 0.717) is 5.92 Å². The highest BCUT2D eigenvalue weighted by atomic mass is 32.1. The number of nitrogens with two attached hydrogens (primary N) is 1. The summed E-state index contributed by atoms with van der Waals surface area (Å²) in [6.45, 7) is 9.93. The minimum Gasteiger partial charge on any atom is -0.341 e. The van der Waals surface area contributed by atoms with E-state index < -0.39 is 0 Å². The summed E-state index contributed by atoms with van der Waals surface area (Å²) in [5.41, 5.74) is 6.95. The SMILES string of the molecule is CC(N)C(=O)N1CCC(c2nc(C(C)(C)C)cs2)CC1. The maximum atomic E-state index is 11.9. The number of hydrogen-bond acceptors (Lipinski definition) is 4. The molecule has 2 rings (SSSR count). The number of piperidine rings is 1. The van der Waals surface area contributed by atoms with Crippen LogP contribution in [0.5, 0.6) is 0 Å². The van der Waals surface area contributed by atoms with Crippen LogP contribution in [0.2, 0.25) is 0 Å². The molecular formula is C15H25N3OS. The molecular weight excluding hydrogens is 270 g/mol. The Morgan fingerprint density at radius 2 is 2.05 bits per heavy atom. The number of thiazole rings is 1. The molecule has 0 spiro atoms. The molecule has 5 heteroatoms. The molecule has 0 saturated carbocycles. The van der Waals surface area contributed by atoms with Crippen LogP contribution in [-0.4, -0.2) is 34.9 Å². The molecule has 20 heavy (non-hydrogen) atoms. The van der Waals surface area contributed by atoms with Gasteiger partial charge >= 0.3 is 0 Å². The zero-order chi connectivity index (χ0) is 14.9. The molecule has 1 amide bonds. The second kappa shape index (κ2) is 5.82. The van der Waals surface area contributed by atoms with Crippen LogP contribution in [0.15, 0.2) is 5.38 Å². The number of amides is 1. The van der Waals surface area contributed by atoms with E-state index in [1.54, 1.807) is 18.3 Å². The van der Waals surface area contributed by atoms with Crippen molar-refractivity contribution in [2.24, 2.45) is 5.73 Å². The minimum atomic E-state index is -0.390. The van der Waals surface area contributed by atoms with Crippen LogP contribution < -0.4 is 5.73 Å². The first-order chi connectivity index (χ1) is 9.29. The third-order valence-electron chi connectivity index (χ3n) is 3.84. The average Bonchev–Trinajstić information content (AvgIpc) is 2.87. The number of rotatable bonds is 2. The van der Waals surface area contributed by atoms with Crippen LogP contribution in [0.3, 0.4) is 0 Å². The van der Waals surface area contributed by atoms with Crippen LogP contribution in [0.25, 0.3) is 0 Å². The zero-order valence-electron chi connectivity index (χ0n) is 12.8. The number of aromatic nitrogens is 1. The molecule has 4 nitrogen and oxygen atoms in total. The van der Waals surface area contributed by atoms with Crippen molar-refractivity contribution in [3.8, 4) is 0 Å². The van der Waals surface area contributed by atoms with Gasteiger partial charge in [-0.15, -0.1) is 11.3 Å². The lowest BCUT2D eigenvalue weighted by molar-refractivity contribution is -0.133. The van der Waals surface area contributed by atoms with E-state index in [-0.39, 0.29) is 17.4 Å². The molecule has 1 aliphatic heterocycles. The van der Waals surface area contributed by atoms with Gasteiger partial charge in [-0.25, -0.2) is 4.98 Å². The van der Waals surface area contributed by atoms with Crippen LogP contribution in [-0.2, 0) is 10.2 Å². The maximum absolute atomic E-state index is 11.9. The van der Waals surface area contributed by atoms with Gasteiger partial charge in [-0.1, -0.05) is 20.8 Å². The second-order valence-corrected chi connectivity index (χ2v) is 7.60. The van der Waals surface area contributed by atoms with Gasteiger partial charge in [0.1, 0.15) is 0 Å². The van der Waals surface area contributed by atoms with E-state index >= 15 is 0 Å². The van der Waals surface area contributed by atoms with E-state index in [1.807, 2.05) is 4.90 Å². The fourth-order valence-corrected chi connectivity index (χ4v) is 3.67. The lowest BCUT2D eigenvalue weighted by Gasteiger charge is -2.32. The van der Waals surface area contributed by atoms with Crippen molar-refractivity contribution >= 4 is 17.2 Å². The summed E-state index contributed by atoms with van der Waals surface area (Å²) < 4.78 is 0. The maximum Gasteiger partial charge on any atom is 0.239 e. The third-order valence-corrected chi connectivity index (χ3v) is 4.84. The monoisotopic (exact) mass is 295 g/mol. The first-order valence-corrected chi connectivity index (χ1v) is 8.17. The van der Waals surface area contributed by atoms with Crippen molar-refractivity contribution < 1.29 is 4.79 Å². The second-order valence-electron chi connectivity index (χ2n) is 6.71. The molecule has 0 bridgehead atoms. The highest BCUT2D eigenvalue weighted by Crippen LogP contribution is 2.33. The number of likely N-dealkylation sites (tertiary alicyclic amines) is 1. The standard InChI is InChI=1S/C15H25N3OS/c1-10(16)14(19)18-7-5-11(6-8-18)13-17-12(9-20-13)15(2,3)4/h9-11H,5-8,16H2,1-4H3. The number of hydrogen-bond donors (Lipinski definition) is 1. The van der Waals surface area contributed by atoms with E-state index in [1.165, 1.54) is 10.7 Å². The predicted molar refractivity (Wildman–Crippen MR) is 83.0 cm³/mol. The average molecular weight is 295 g/mol. The minimum absolute atomic E-state index is 0.0676. The largest absolute Gasteiger partial charge is 0.341 e. The number of nitrogens with zero attached hydrogens (tertiary/aromatic N) is 2. The highest BCUT2D eigenvalue weighted by molar-refractivity contribution is 7.09. The predicted octanol–water partition coefficient (Wildman–Crippen LogP) is 2.49. The van der Waals surface area contributed by atoms with Gasteiger partial charge in [-0.2, -0.15) is 0 Å². The topological polar surface area (TPSA) is 59.2 Å². The molecule has 1 aromatic rings. The Labute approximate surface area is 125 Å². The summed E-state index contributed by atoms with van der Waals surface area (Å²) in [5.74, 6) is 0.561. The summed E-state index contributed by atoms with van der Waals surface area (Å²) in [7, 11) is 0. The summed E-state index contributed by atoms with van der Waals surface area (Å²) in [6, 6.07) is -0.390. The highest BCUT2D eigenvalue weighted by Gasteiger charge is 2.28. The smallest absolute Gasteiger partial charge is 0.239 e. The van der Waals surface area contributed by atoms with E-state index in [0.717, 1.165) is 25.9 Å². The van der Waals surface area contributed by atoms with Gasteiger partial charge in [0.05, 0.1) is 16.7 Å². The Bertz CT molecular complexity index is 468. The van der Waals surface area contributed by atoms with Crippen molar-refractivity contribution in [2.75, 3.05) is 13.1 Å². The van der Waals surface area contributed by atoms with Crippen molar-refractivity contribution in [1.82, 2.24) is 9.88 Å². The first-order valence-electron chi connectivity index (χ1n) is 7.29. The molecule has 1 atom stereocenters. The van der Waals surface area contributed by atoms with Gasteiger partial charge in [-0.3, -0.25) is 4.79 Å². The molecule has 0 aliphatic carbocycles. The molecule has 2 N–H and O–H groups in total. The van der Waals surface area contributed by atoms with Crippen LogP contribution in [0.1, 0.15) is 57.2 Å². The van der Waals surface area contributed by atoms with Gasteiger partial charge in [0.2, 0.25) is 5.91 Å². The van der Waals surface area contributed by atoms with Gasteiger partial charge in [0.15, 0.2) is 0 Å². The van der Waals surface area contributed by atoms with Gasteiger partial charge < -0.3 is 10.6 Å². The zero-order valence-corrected chi connectivity index (χ0v) is 13.7. The fraction of sp³-hybridized carbons (Fsp3) is 0.733. The Morgan fingerprint density at radius 3 is 2.50 bits per heavy atom. The lowest BCUT2D eigenvalue weighted by atomic mass is 9.93. The molecule has 1 fully saturated rings. The van der Waals surface area contributed by atoms with E-state index in [4.69, 9.17) is 10.7 Å². The Kier molecular flexibility index (Phi) is 4.49. The first kappa shape index (κ1) is 15.4. The van der Waals surface area contributed by atoms with Crippen LogP contribution in [0.4, 0.5) is 0 Å².